The summed E-state index contributed by atoms with van der Waals surface area (Å²) >= 11 is 6.86. The van der Waals surface area contributed by atoms with Gasteiger partial charge < -0.3 is 9.64 Å². The minimum Gasteiger partial charge on any atom is -0.373 e. The van der Waals surface area contributed by atoms with Crippen molar-refractivity contribution in [1.82, 2.24) is 14.5 Å². The Morgan fingerprint density at radius 3 is 3.19 bits per heavy atom. The Hall–Kier alpha value is -0.720. The zero-order valence-corrected chi connectivity index (χ0v) is 10.4. The number of hydrogen-bond donors (Lipinski definition) is 0. The van der Waals surface area contributed by atoms with E-state index in [1.165, 1.54) is 0 Å². The lowest BCUT2D eigenvalue weighted by Crippen LogP contribution is -2.46. The second-order valence-corrected chi connectivity index (χ2v) is 4.65. The predicted molar refractivity (Wildman–Crippen MR) is 61.0 cm³/mol. The molecule has 1 fully saturated rings. The van der Waals surface area contributed by atoms with Gasteiger partial charge in [-0.3, -0.25) is 4.79 Å². The highest BCUT2D eigenvalue weighted by molar-refractivity contribution is 7.07. The fourth-order valence-corrected chi connectivity index (χ4v) is 2.38. The van der Waals surface area contributed by atoms with Crippen molar-refractivity contribution in [3.8, 4) is 0 Å². The zero-order chi connectivity index (χ0) is 11.5. The van der Waals surface area contributed by atoms with Crippen LogP contribution in [0.3, 0.4) is 0 Å². The van der Waals surface area contributed by atoms with Crippen LogP contribution in [0.15, 0.2) is 0 Å². The third-order valence-electron chi connectivity index (χ3n) is 2.44. The number of hydrogen-bond acceptors (Lipinski definition) is 5. The van der Waals surface area contributed by atoms with Crippen molar-refractivity contribution in [1.29, 1.82) is 0 Å². The van der Waals surface area contributed by atoms with Crippen molar-refractivity contribution in [2.45, 2.75) is 13.0 Å². The molecule has 7 heteroatoms. The number of aryl methyl sites for hydroxylation is 1. The van der Waals surface area contributed by atoms with E-state index in [1.807, 2.05) is 0 Å². The van der Waals surface area contributed by atoms with E-state index in [9.17, 15) is 4.79 Å². The van der Waals surface area contributed by atoms with Crippen LogP contribution in [0.1, 0.15) is 15.4 Å². The first-order valence-electron chi connectivity index (χ1n) is 4.98. The molecule has 1 amide bonds. The van der Waals surface area contributed by atoms with Gasteiger partial charge in [0.25, 0.3) is 5.91 Å². The molecule has 16 heavy (non-hydrogen) atoms. The molecule has 0 N–H and O–H groups in total. The summed E-state index contributed by atoms with van der Waals surface area (Å²) in [5, 5.41) is 3.84. The topological polar surface area (TPSA) is 55.3 Å². The predicted octanol–water partition coefficient (Wildman–Crippen LogP) is 0.926. The molecular weight excluding hydrogens is 250 g/mol. The van der Waals surface area contributed by atoms with Crippen molar-refractivity contribution < 1.29 is 9.53 Å². The number of nitrogens with zero attached hydrogens (tertiary/aromatic N) is 3. The van der Waals surface area contributed by atoms with Gasteiger partial charge >= 0.3 is 0 Å². The van der Waals surface area contributed by atoms with Gasteiger partial charge in [-0.05, 0) is 18.5 Å². The summed E-state index contributed by atoms with van der Waals surface area (Å²) in [7, 11) is 0. The van der Waals surface area contributed by atoms with E-state index < -0.39 is 0 Å². The highest BCUT2D eigenvalue weighted by Gasteiger charge is 2.26. The number of morpholine rings is 1. The SMILES string of the molecule is Cc1nnsc1C(=O)N1CCOC(CCl)C1. The average molecular weight is 262 g/mol. The summed E-state index contributed by atoms with van der Waals surface area (Å²) in [6, 6.07) is 0. The van der Waals surface area contributed by atoms with Crippen LogP contribution >= 0.6 is 23.1 Å². The zero-order valence-electron chi connectivity index (χ0n) is 8.85. The second kappa shape index (κ2) is 5.07. The Morgan fingerprint density at radius 1 is 1.75 bits per heavy atom. The van der Waals surface area contributed by atoms with E-state index in [0.717, 1.165) is 11.5 Å². The van der Waals surface area contributed by atoms with Gasteiger partial charge in [0.05, 0.1) is 24.3 Å². The van der Waals surface area contributed by atoms with Gasteiger partial charge in [-0.1, -0.05) is 4.49 Å². The number of ether oxygens (including phenoxy) is 1. The van der Waals surface area contributed by atoms with Gasteiger partial charge in [0.1, 0.15) is 4.88 Å². The maximum absolute atomic E-state index is 12.1. The smallest absolute Gasteiger partial charge is 0.267 e. The molecule has 2 rings (SSSR count). The van der Waals surface area contributed by atoms with E-state index in [2.05, 4.69) is 9.59 Å². The minimum atomic E-state index is -0.0689. The lowest BCUT2D eigenvalue weighted by atomic mass is 10.2. The number of alkyl halides is 1. The van der Waals surface area contributed by atoms with Gasteiger partial charge in [-0.15, -0.1) is 16.7 Å². The molecular formula is C9H12ClN3O2S. The van der Waals surface area contributed by atoms with Crippen molar-refractivity contribution in [3.05, 3.63) is 10.6 Å². The maximum Gasteiger partial charge on any atom is 0.267 e. The first-order chi connectivity index (χ1) is 7.72. The van der Waals surface area contributed by atoms with E-state index in [1.54, 1.807) is 11.8 Å². The van der Waals surface area contributed by atoms with Crippen molar-refractivity contribution in [2.75, 3.05) is 25.6 Å². The van der Waals surface area contributed by atoms with Gasteiger partial charge in [0.2, 0.25) is 0 Å². The summed E-state index contributed by atoms with van der Waals surface area (Å²) in [6.07, 6.45) is -0.0689. The molecule has 1 aliphatic heterocycles. The lowest BCUT2D eigenvalue weighted by molar-refractivity contribution is -0.0106. The van der Waals surface area contributed by atoms with E-state index in [-0.39, 0.29) is 12.0 Å². The van der Waals surface area contributed by atoms with Crippen LogP contribution in [0.4, 0.5) is 0 Å². The number of aromatic nitrogens is 2. The number of carbonyl (C=O) groups is 1. The first-order valence-corrected chi connectivity index (χ1v) is 6.29. The minimum absolute atomic E-state index is 0.0223. The molecule has 1 unspecified atom stereocenters. The third kappa shape index (κ3) is 2.34. The van der Waals surface area contributed by atoms with Gasteiger partial charge in [0, 0.05) is 13.1 Å². The van der Waals surface area contributed by atoms with Crippen LogP contribution in [-0.2, 0) is 4.74 Å². The highest BCUT2D eigenvalue weighted by atomic mass is 35.5. The van der Waals surface area contributed by atoms with E-state index in [4.69, 9.17) is 16.3 Å². The maximum atomic E-state index is 12.1. The van der Waals surface area contributed by atoms with Crippen LogP contribution in [0.2, 0.25) is 0 Å². The number of rotatable bonds is 2. The normalized spacial score (nSPS) is 21.1. The molecule has 1 aromatic heterocycles. The first kappa shape index (κ1) is 11.8. The summed E-state index contributed by atoms with van der Waals surface area (Å²) in [4.78, 5) is 14.5. The molecule has 0 aromatic carbocycles. The second-order valence-electron chi connectivity index (χ2n) is 3.59. The fourth-order valence-electron chi connectivity index (χ4n) is 1.57. The molecule has 1 aromatic rings. The van der Waals surface area contributed by atoms with E-state index >= 15 is 0 Å². The van der Waals surface area contributed by atoms with Crippen LogP contribution in [0.5, 0.6) is 0 Å². The van der Waals surface area contributed by atoms with Crippen LogP contribution in [0, 0.1) is 6.92 Å². The fraction of sp³-hybridized carbons (Fsp3) is 0.667. The van der Waals surface area contributed by atoms with Gasteiger partial charge in [0.15, 0.2) is 0 Å². The molecule has 1 aliphatic rings. The monoisotopic (exact) mass is 261 g/mol. The Kier molecular flexibility index (Phi) is 3.73. The Morgan fingerprint density at radius 2 is 2.56 bits per heavy atom. The Labute approximate surface area is 103 Å². The molecule has 0 bridgehead atoms. The highest BCUT2D eigenvalue weighted by Crippen LogP contribution is 2.15. The standard InChI is InChI=1S/C9H12ClN3O2S/c1-6-8(16-12-11-6)9(14)13-2-3-15-7(4-10)5-13/h7H,2-5H2,1H3. The number of amides is 1. The quantitative estimate of drug-likeness (QED) is 0.743. The molecule has 1 atom stereocenters. The Bertz CT molecular complexity index is 385. The van der Waals surface area contributed by atoms with Gasteiger partial charge in [-0.2, -0.15) is 0 Å². The molecule has 0 aliphatic carbocycles. The summed E-state index contributed by atoms with van der Waals surface area (Å²) < 4.78 is 9.17. The molecule has 1 saturated heterocycles. The summed E-state index contributed by atoms with van der Waals surface area (Å²) in [5.74, 6) is 0.384. The summed E-state index contributed by atoms with van der Waals surface area (Å²) in [6.45, 7) is 3.47. The number of carbonyl (C=O) groups excluding carboxylic acids is 1. The average Bonchev–Trinajstić information content (AvgIpc) is 2.74. The molecule has 2 heterocycles. The third-order valence-corrected chi connectivity index (χ3v) is 3.60. The van der Waals surface area contributed by atoms with Gasteiger partial charge in [-0.25, -0.2) is 0 Å². The summed E-state index contributed by atoms with van der Waals surface area (Å²) in [5.41, 5.74) is 0.684. The largest absolute Gasteiger partial charge is 0.373 e. The number of halogens is 1. The molecule has 5 nitrogen and oxygen atoms in total. The van der Waals surface area contributed by atoms with Crippen molar-refractivity contribution >= 4 is 29.0 Å². The van der Waals surface area contributed by atoms with Crippen molar-refractivity contribution in [2.24, 2.45) is 0 Å². The molecule has 0 spiro atoms. The van der Waals surface area contributed by atoms with Crippen LogP contribution in [-0.4, -0.2) is 52.1 Å². The molecule has 0 saturated carbocycles. The molecule has 88 valence electrons. The molecule has 0 radical (unpaired) electrons. The van der Waals surface area contributed by atoms with E-state index in [0.29, 0.717) is 36.1 Å². The van der Waals surface area contributed by atoms with Crippen molar-refractivity contribution in [3.63, 3.8) is 0 Å². The van der Waals surface area contributed by atoms with Crippen LogP contribution in [0.25, 0.3) is 0 Å². The van der Waals surface area contributed by atoms with Crippen LogP contribution < -0.4 is 0 Å². The Balaban J connectivity index is 2.07. The lowest BCUT2D eigenvalue weighted by Gasteiger charge is -2.31.